The Kier molecular flexibility index (Phi) is 2.57. The van der Waals surface area contributed by atoms with Crippen LogP contribution in [0.5, 0.6) is 0 Å². The van der Waals surface area contributed by atoms with Crippen LogP contribution >= 0.6 is 12.2 Å². The van der Waals surface area contributed by atoms with Crippen LogP contribution in [0.2, 0.25) is 0 Å². The summed E-state index contributed by atoms with van der Waals surface area (Å²) < 4.78 is 4.67. The predicted octanol–water partition coefficient (Wildman–Crippen LogP) is 0.266. The van der Waals surface area contributed by atoms with Gasteiger partial charge >= 0.3 is 0 Å². The highest BCUT2D eigenvalue weighted by Crippen LogP contribution is 1.93. The number of nitrogens with zero attached hydrogens (tertiary/aromatic N) is 2. The molecule has 0 aliphatic heterocycles. The molecule has 0 spiro atoms. The molecule has 0 saturated heterocycles. The number of hydrogen-bond donors (Lipinski definition) is 0. The van der Waals surface area contributed by atoms with Crippen LogP contribution < -0.4 is 4.57 Å². The van der Waals surface area contributed by atoms with E-state index < -0.39 is 0 Å². The van der Waals surface area contributed by atoms with Gasteiger partial charge in [-0.1, -0.05) is 0 Å². The third-order valence-corrected chi connectivity index (χ3v) is 1.92. The van der Waals surface area contributed by atoms with Gasteiger partial charge in [0.05, 0.1) is 20.5 Å². The molecule has 0 N–H and O–H groups in total. The van der Waals surface area contributed by atoms with E-state index in [1.165, 1.54) is 0 Å². The summed E-state index contributed by atoms with van der Waals surface area (Å²) >= 11 is 9.70. The van der Waals surface area contributed by atoms with Crippen molar-refractivity contribution in [2.45, 2.75) is 6.42 Å². The molecule has 0 bridgehead atoms. The standard InChI is InChI=1S/C7H10N2S2/c1-8-3-4-9(2)6(8)5-7(10)11/h3-4H,5H2,1-2H3. The summed E-state index contributed by atoms with van der Waals surface area (Å²) in [7, 11) is 3.98. The van der Waals surface area contributed by atoms with Crippen molar-refractivity contribution in [3.8, 4) is 0 Å². The zero-order valence-electron chi connectivity index (χ0n) is 6.57. The first kappa shape index (κ1) is 8.62. The number of imidazole rings is 1. The van der Waals surface area contributed by atoms with Crippen molar-refractivity contribution in [2.24, 2.45) is 14.1 Å². The molecule has 0 unspecified atom stereocenters. The lowest BCUT2D eigenvalue weighted by Gasteiger charge is -2.01. The monoisotopic (exact) mass is 186 g/mol. The lowest BCUT2D eigenvalue weighted by molar-refractivity contribution is -0.678. The summed E-state index contributed by atoms with van der Waals surface area (Å²) in [5.74, 6) is 1.14. The van der Waals surface area contributed by atoms with Crippen molar-refractivity contribution >= 4 is 29.0 Å². The summed E-state index contributed by atoms with van der Waals surface area (Å²) in [5, 5.41) is 0. The van der Waals surface area contributed by atoms with Crippen molar-refractivity contribution in [2.75, 3.05) is 0 Å². The van der Waals surface area contributed by atoms with Gasteiger partial charge in [0.1, 0.15) is 12.4 Å². The molecular formula is C7H10N2S2. The van der Waals surface area contributed by atoms with Gasteiger partial charge in [0.25, 0.3) is 5.82 Å². The van der Waals surface area contributed by atoms with E-state index in [0.29, 0.717) is 10.6 Å². The van der Waals surface area contributed by atoms with Gasteiger partial charge in [-0.15, -0.1) is 4.20 Å². The molecule has 60 valence electrons. The highest BCUT2D eigenvalue weighted by atomic mass is 32.1. The van der Waals surface area contributed by atoms with Crippen LogP contribution in [0.4, 0.5) is 0 Å². The Morgan fingerprint density at radius 3 is 2.82 bits per heavy atom. The molecule has 0 amide bonds. The smallest absolute Gasteiger partial charge is 0.258 e. The molecule has 4 heteroatoms. The molecule has 0 aliphatic rings. The summed E-state index contributed by atoms with van der Waals surface area (Å²) in [4.78, 5) is 0. The van der Waals surface area contributed by atoms with Crippen LogP contribution in [-0.4, -0.2) is 8.76 Å². The highest BCUT2D eigenvalue weighted by Gasteiger charge is 2.08. The molecule has 1 aromatic heterocycles. The van der Waals surface area contributed by atoms with Gasteiger partial charge in [-0.3, -0.25) is 0 Å². The second kappa shape index (κ2) is 3.28. The molecular weight excluding hydrogens is 176 g/mol. The van der Waals surface area contributed by atoms with Crippen LogP contribution in [0.3, 0.4) is 0 Å². The highest BCUT2D eigenvalue weighted by molar-refractivity contribution is 8.00. The lowest BCUT2D eigenvalue weighted by Crippen LogP contribution is -2.32. The Morgan fingerprint density at radius 1 is 1.82 bits per heavy atom. The van der Waals surface area contributed by atoms with E-state index in [0.717, 1.165) is 5.82 Å². The van der Waals surface area contributed by atoms with Crippen LogP contribution in [0.25, 0.3) is 0 Å². The lowest BCUT2D eigenvalue weighted by atomic mass is 10.4. The maximum absolute atomic E-state index is 4.85. The van der Waals surface area contributed by atoms with Crippen molar-refractivity contribution in [1.82, 2.24) is 4.57 Å². The molecule has 0 fully saturated rings. The van der Waals surface area contributed by atoms with Gasteiger partial charge < -0.3 is 24.8 Å². The zero-order valence-corrected chi connectivity index (χ0v) is 8.21. The average Bonchev–Trinajstić information content (AvgIpc) is 2.18. The van der Waals surface area contributed by atoms with E-state index in [-0.39, 0.29) is 0 Å². The summed E-state index contributed by atoms with van der Waals surface area (Å²) in [5.41, 5.74) is 0. The minimum Gasteiger partial charge on any atom is -0.432 e. The first-order chi connectivity index (χ1) is 5.11. The summed E-state index contributed by atoms with van der Waals surface area (Å²) in [6.45, 7) is 0. The molecule has 2 nitrogen and oxygen atoms in total. The first-order valence-corrected chi connectivity index (χ1v) is 4.12. The van der Waals surface area contributed by atoms with Crippen molar-refractivity contribution in [3.05, 3.63) is 18.2 Å². The Bertz CT molecular complexity index is 258. The first-order valence-electron chi connectivity index (χ1n) is 3.31. The largest absolute Gasteiger partial charge is 0.432 e. The molecule has 1 aromatic rings. The fourth-order valence-corrected chi connectivity index (χ4v) is 1.26. The molecule has 0 atom stereocenters. The van der Waals surface area contributed by atoms with E-state index in [1.807, 2.05) is 35.6 Å². The van der Waals surface area contributed by atoms with Gasteiger partial charge in [-0.05, 0) is 0 Å². The average molecular weight is 186 g/mol. The van der Waals surface area contributed by atoms with Gasteiger partial charge in [0.2, 0.25) is 0 Å². The van der Waals surface area contributed by atoms with E-state index >= 15 is 0 Å². The van der Waals surface area contributed by atoms with Gasteiger partial charge in [0.15, 0.2) is 0 Å². The van der Waals surface area contributed by atoms with Crippen molar-refractivity contribution in [1.29, 1.82) is 0 Å². The normalized spacial score (nSPS) is 10.0. The quantitative estimate of drug-likeness (QED) is 0.372. The van der Waals surface area contributed by atoms with E-state index in [9.17, 15) is 0 Å². The molecule has 1 heterocycles. The van der Waals surface area contributed by atoms with Crippen molar-refractivity contribution in [3.63, 3.8) is 0 Å². The molecule has 0 aromatic carbocycles. The minimum atomic E-state index is 0.613. The minimum absolute atomic E-state index is 0.613. The number of hydrogen-bond acceptors (Lipinski definition) is 2. The SMILES string of the molecule is Cn1cc[n+](C)c1CC(=S)[S-]. The molecule has 1 rings (SSSR count). The topological polar surface area (TPSA) is 8.81 Å². The zero-order chi connectivity index (χ0) is 8.43. The fourth-order valence-electron chi connectivity index (χ4n) is 0.999. The Morgan fingerprint density at radius 2 is 2.45 bits per heavy atom. The summed E-state index contributed by atoms with van der Waals surface area (Å²) in [6.07, 6.45) is 4.68. The van der Waals surface area contributed by atoms with E-state index in [1.54, 1.807) is 0 Å². The van der Waals surface area contributed by atoms with Crippen LogP contribution in [0.1, 0.15) is 5.82 Å². The third kappa shape index (κ3) is 1.97. The van der Waals surface area contributed by atoms with E-state index in [2.05, 4.69) is 0 Å². The number of aromatic nitrogens is 2. The van der Waals surface area contributed by atoms with Crippen LogP contribution in [0, 0.1) is 0 Å². The van der Waals surface area contributed by atoms with Crippen molar-refractivity contribution < 1.29 is 4.57 Å². The van der Waals surface area contributed by atoms with Gasteiger partial charge in [-0.25, -0.2) is 9.13 Å². The molecule has 11 heavy (non-hydrogen) atoms. The van der Waals surface area contributed by atoms with E-state index in [4.69, 9.17) is 24.8 Å². The second-order valence-electron chi connectivity index (χ2n) is 2.48. The van der Waals surface area contributed by atoms with Crippen LogP contribution in [-0.2, 0) is 33.1 Å². The van der Waals surface area contributed by atoms with Crippen LogP contribution in [0.15, 0.2) is 12.4 Å². The number of rotatable bonds is 2. The molecule has 0 radical (unpaired) electrons. The Balaban J connectivity index is 2.92. The number of thiocarbonyl (C=S) groups is 1. The van der Waals surface area contributed by atoms with Gasteiger partial charge in [-0.2, -0.15) is 0 Å². The Labute approximate surface area is 77.3 Å². The second-order valence-corrected chi connectivity index (χ2v) is 3.73. The summed E-state index contributed by atoms with van der Waals surface area (Å²) in [6, 6.07) is 0. The Hall–Kier alpha value is -0.480. The van der Waals surface area contributed by atoms with Gasteiger partial charge in [0, 0.05) is 0 Å². The third-order valence-electron chi connectivity index (χ3n) is 1.63. The number of aryl methyl sites for hydroxylation is 2. The molecule has 0 aliphatic carbocycles. The fraction of sp³-hybridized carbons (Fsp3) is 0.429. The maximum atomic E-state index is 4.85. The molecule has 0 saturated carbocycles. The predicted molar refractivity (Wildman–Crippen MR) is 50.3 cm³/mol. The maximum Gasteiger partial charge on any atom is 0.258 e.